The molecular weight excluding hydrogens is 246 g/mol. The van der Waals surface area contributed by atoms with E-state index in [1.165, 1.54) is 57.8 Å². The first-order valence-electron chi connectivity index (χ1n) is 9.02. The number of Topliss-reactive ketones (excluding diaryl/α,β-unsaturated/α-hetero) is 1. The molecule has 0 aromatic heterocycles. The van der Waals surface area contributed by atoms with Gasteiger partial charge in [-0.3, -0.25) is 4.79 Å². The third-order valence-corrected chi connectivity index (χ3v) is 6.60. The van der Waals surface area contributed by atoms with Gasteiger partial charge >= 0.3 is 0 Å². The van der Waals surface area contributed by atoms with Crippen molar-refractivity contribution in [2.24, 2.45) is 23.0 Å². The molecule has 0 amide bonds. The third kappa shape index (κ3) is 2.56. The van der Waals surface area contributed by atoms with Crippen molar-refractivity contribution in [2.45, 2.75) is 89.5 Å². The molecule has 3 aliphatic rings. The van der Waals surface area contributed by atoms with Gasteiger partial charge in [0.15, 0.2) is 0 Å². The summed E-state index contributed by atoms with van der Waals surface area (Å²) in [7, 11) is 0. The summed E-state index contributed by atoms with van der Waals surface area (Å²) in [6.45, 7) is 0. The van der Waals surface area contributed by atoms with Crippen LogP contribution in [-0.4, -0.2) is 11.8 Å². The van der Waals surface area contributed by atoms with Crippen LogP contribution >= 0.6 is 0 Å². The minimum Gasteiger partial charge on any atom is -0.328 e. The summed E-state index contributed by atoms with van der Waals surface area (Å²) in [6, 6.07) is 0.397. The summed E-state index contributed by atoms with van der Waals surface area (Å²) in [6.07, 6.45) is 15.9. The number of rotatable bonds is 2. The summed E-state index contributed by atoms with van der Waals surface area (Å²) < 4.78 is 0. The maximum absolute atomic E-state index is 13.0. The van der Waals surface area contributed by atoms with Crippen LogP contribution < -0.4 is 5.73 Å². The molecule has 0 spiro atoms. The van der Waals surface area contributed by atoms with E-state index in [9.17, 15) is 4.79 Å². The lowest BCUT2D eigenvalue weighted by molar-refractivity contribution is -0.143. The van der Waals surface area contributed by atoms with Crippen molar-refractivity contribution >= 4 is 5.78 Å². The fraction of sp³-hybridized carbons (Fsp3) is 0.944. The van der Waals surface area contributed by atoms with E-state index < -0.39 is 0 Å². The Morgan fingerprint density at radius 2 is 1.45 bits per heavy atom. The predicted octanol–water partition coefficient (Wildman–Crippen LogP) is 4.21. The lowest BCUT2D eigenvalue weighted by Crippen LogP contribution is -2.49. The topological polar surface area (TPSA) is 43.1 Å². The fourth-order valence-electron chi connectivity index (χ4n) is 5.52. The molecule has 0 aromatic rings. The van der Waals surface area contributed by atoms with E-state index in [0.717, 1.165) is 25.7 Å². The Morgan fingerprint density at radius 3 is 2.10 bits per heavy atom. The summed E-state index contributed by atoms with van der Waals surface area (Å²) in [5.74, 6) is 1.98. The molecule has 0 heterocycles. The first-order chi connectivity index (χ1) is 9.73. The molecule has 2 nitrogen and oxygen atoms in total. The van der Waals surface area contributed by atoms with Crippen molar-refractivity contribution < 1.29 is 4.79 Å². The molecule has 3 saturated carbocycles. The van der Waals surface area contributed by atoms with Gasteiger partial charge < -0.3 is 5.73 Å². The molecule has 3 rings (SSSR count). The highest BCUT2D eigenvalue weighted by atomic mass is 16.1. The predicted molar refractivity (Wildman–Crippen MR) is 82.4 cm³/mol. The van der Waals surface area contributed by atoms with Crippen LogP contribution in [0.5, 0.6) is 0 Å². The highest BCUT2D eigenvalue weighted by Gasteiger charge is 2.51. The molecule has 114 valence electrons. The van der Waals surface area contributed by atoms with E-state index in [1.807, 2.05) is 0 Å². The van der Waals surface area contributed by atoms with Gasteiger partial charge in [0, 0.05) is 17.9 Å². The minimum atomic E-state index is 0.0683. The van der Waals surface area contributed by atoms with E-state index in [1.54, 1.807) is 0 Å². The maximum atomic E-state index is 13.0. The molecule has 1 atom stereocenters. The second-order valence-electron chi connectivity index (χ2n) is 7.62. The van der Waals surface area contributed by atoms with Crippen molar-refractivity contribution in [3.05, 3.63) is 0 Å². The van der Waals surface area contributed by atoms with Crippen LogP contribution in [-0.2, 0) is 4.79 Å². The Kier molecular flexibility index (Phi) is 4.49. The molecule has 2 heteroatoms. The van der Waals surface area contributed by atoms with Crippen molar-refractivity contribution in [1.82, 2.24) is 0 Å². The van der Waals surface area contributed by atoms with Crippen LogP contribution in [0.1, 0.15) is 83.5 Å². The highest BCUT2D eigenvalue weighted by Crippen LogP contribution is 2.54. The zero-order valence-electron chi connectivity index (χ0n) is 12.9. The smallest absolute Gasteiger partial charge is 0.139 e. The number of ketones is 1. The largest absolute Gasteiger partial charge is 0.328 e. The van der Waals surface area contributed by atoms with Crippen LogP contribution in [0.2, 0.25) is 0 Å². The fourth-order valence-corrected chi connectivity index (χ4v) is 5.52. The van der Waals surface area contributed by atoms with E-state index in [2.05, 4.69) is 0 Å². The first kappa shape index (κ1) is 14.6. The van der Waals surface area contributed by atoms with Gasteiger partial charge in [-0.15, -0.1) is 0 Å². The number of hydrogen-bond donors (Lipinski definition) is 1. The van der Waals surface area contributed by atoms with Crippen molar-refractivity contribution in [3.63, 3.8) is 0 Å². The quantitative estimate of drug-likeness (QED) is 0.821. The Labute approximate surface area is 123 Å². The maximum Gasteiger partial charge on any atom is 0.139 e. The monoisotopic (exact) mass is 277 g/mol. The van der Waals surface area contributed by atoms with E-state index >= 15 is 0 Å². The molecule has 3 aliphatic carbocycles. The number of nitrogens with two attached hydrogens (primary N) is 1. The van der Waals surface area contributed by atoms with Gasteiger partial charge in [-0.05, 0) is 63.2 Å². The Hall–Kier alpha value is -0.370. The zero-order chi connectivity index (χ0) is 14.0. The van der Waals surface area contributed by atoms with Crippen molar-refractivity contribution in [2.75, 3.05) is 0 Å². The average Bonchev–Trinajstić information content (AvgIpc) is 2.50. The van der Waals surface area contributed by atoms with E-state index in [4.69, 9.17) is 5.73 Å². The molecule has 0 aliphatic heterocycles. The van der Waals surface area contributed by atoms with E-state index in [-0.39, 0.29) is 5.41 Å². The van der Waals surface area contributed by atoms with Gasteiger partial charge in [-0.1, -0.05) is 25.7 Å². The van der Waals surface area contributed by atoms with Crippen LogP contribution in [0.3, 0.4) is 0 Å². The van der Waals surface area contributed by atoms with Crippen molar-refractivity contribution in [1.29, 1.82) is 0 Å². The SMILES string of the molecule is NC1CCC(C2(C3CCCCC3)CCCCC2=O)CC1. The van der Waals surface area contributed by atoms with Gasteiger partial charge in [-0.25, -0.2) is 0 Å². The summed E-state index contributed by atoms with van der Waals surface area (Å²) >= 11 is 0. The molecule has 3 fully saturated rings. The third-order valence-electron chi connectivity index (χ3n) is 6.60. The van der Waals surface area contributed by atoms with Gasteiger partial charge in [0.1, 0.15) is 5.78 Å². The minimum absolute atomic E-state index is 0.0683. The molecular formula is C18H31NO. The number of carbonyl (C=O) groups is 1. The molecule has 0 saturated heterocycles. The zero-order valence-corrected chi connectivity index (χ0v) is 12.9. The lowest BCUT2D eigenvalue weighted by atomic mass is 9.53. The summed E-state index contributed by atoms with van der Waals surface area (Å²) in [4.78, 5) is 13.0. The Balaban J connectivity index is 1.84. The van der Waals surface area contributed by atoms with Gasteiger partial charge in [-0.2, -0.15) is 0 Å². The summed E-state index contributed by atoms with van der Waals surface area (Å²) in [5, 5.41) is 0. The van der Waals surface area contributed by atoms with Crippen LogP contribution in [0.4, 0.5) is 0 Å². The second-order valence-corrected chi connectivity index (χ2v) is 7.62. The van der Waals surface area contributed by atoms with E-state index in [0.29, 0.717) is 23.7 Å². The first-order valence-corrected chi connectivity index (χ1v) is 9.02. The average molecular weight is 277 g/mol. The van der Waals surface area contributed by atoms with Gasteiger partial charge in [0.25, 0.3) is 0 Å². The molecule has 2 N–H and O–H groups in total. The lowest BCUT2D eigenvalue weighted by Gasteiger charge is -2.50. The van der Waals surface area contributed by atoms with Crippen LogP contribution in [0.25, 0.3) is 0 Å². The standard InChI is InChI=1S/C18H31NO/c19-16-11-9-15(10-12-16)18(13-5-4-8-17(18)20)14-6-2-1-3-7-14/h14-16H,1-13,19H2. The number of hydrogen-bond acceptors (Lipinski definition) is 2. The normalized spacial score (nSPS) is 40.8. The van der Waals surface area contributed by atoms with Crippen LogP contribution in [0, 0.1) is 17.3 Å². The molecule has 1 unspecified atom stereocenters. The summed E-state index contributed by atoms with van der Waals surface area (Å²) in [5.41, 5.74) is 6.17. The number of carbonyl (C=O) groups excluding carboxylic acids is 1. The molecule has 0 aromatic carbocycles. The Bertz CT molecular complexity index is 339. The Morgan fingerprint density at radius 1 is 0.800 bits per heavy atom. The molecule has 20 heavy (non-hydrogen) atoms. The van der Waals surface area contributed by atoms with Gasteiger partial charge in [0.2, 0.25) is 0 Å². The molecule has 0 bridgehead atoms. The van der Waals surface area contributed by atoms with Gasteiger partial charge in [0.05, 0.1) is 0 Å². The molecule has 0 radical (unpaired) electrons. The second kappa shape index (κ2) is 6.17. The van der Waals surface area contributed by atoms with Crippen molar-refractivity contribution in [3.8, 4) is 0 Å². The van der Waals surface area contributed by atoms with Crippen LogP contribution in [0.15, 0.2) is 0 Å². The highest BCUT2D eigenvalue weighted by molar-refractivity contribution is 5.86.